The Bertz CT molecular complexity index is 490. The number of hydrogen-bond acceptors (Lipinski definition) is 4. The Morgan fingerprint density at radius 3 is 2.59 bits per heavy atom. The molecule has 122 valence electrons. The number of hydrogen-bond donors (Lipinski definition) is 1. The largest absolute Gasteiger partial charge is 0.481 e. The summed E-state index contributed by atoms with van der Waals surface area (Å²) in [5, 5.41) is 0. The van der Waals surface area contributed by atoms with Crippen molar-refractivity contribution < 1.29 is 9.53 Å². The van der Waals surface area contributed by atoms with E-state index in [1.54, 1.807) is 11.8 Å². The zero-order valence-corrected chi connectivity index (χ0v) is 14.4. The zero-order valence-electron chi connectivity index (χ0n) is 13.6. The van der Waals surface area contributed by atoms with Gasteiger partial charge < -0.3 is 15.4 Å². The van der Waals surface area contributed by atoms with Crippen molar-refractivity contribution in [2.24, 2.45) is 5.73 Å². The molecule has 0 radical (unpaired) electrons. The molecule has 1 amide bonds. The fraction of sp³-hybridized carbons (Fsp3) is 0.588. The molecule has 0 aromatic heterocycles. The fourth-order valence-corrected chi connectivity index (χ4v) is 3.33. The molecule has 5 heteroatoms. The van der Waals surface area contributed by atoms with Gasteiger partial charge in [-0.15, -0.1) is 11.8 Å². The van der Waals surface area contributed by atoms with Crippen molar-refractivity contribution >= 4 is 17.7 Å². The SMILES string of the molecule is CSc1ccc(OC(C)C(=O)N2CCCCC2C(C)N)cc1. The number of nitrogens with zero attached hydrogens (tertiary/aromatic N) is 1. The average molecular weight is 322 g/mol. The van der Waals surface area contributed by atoms with E-state index in [0.29, 0.717) is 0 Å². The highest BCUT2D eigenvalue weighted by Crippen LogP contribution is 2.23. The van der Waals surface area contributed by atoms with Gasteiger partial charge in [-0.2, -0.15) is 0 Å². The molecule has 1 fully saturated rings. The van der Waals surface area contributed by atoms with Crippen LogP contribution in [0.5, 0.6) is 5.75 Å². The summed E-state index contributed by atoms with van der Waals surface area (Å²) >= 11 is 1.68. The first-order valence-corrected chi connectivity index (χ1v) is 9.12. The minimum Gasteiger partial charge on any atom is -0.481 e. The number of carbonyl (C=O) groups is 1. The molecule has 0 aliphatic carbocycles. The summed E-state index contributed by atoms with van der Waals surface area (Å²) < 4.78 is 5.82. The Labute approximate surface area is 137 Å². The van der Waals surface area contributed by atoms with E-state index in [9.17, 15) is 4.79 Å². The summed E-state index contributed by atoms with van der Waals surface area (Å²) in [6.07, 6.45) is 4.72. The third kappa shape index (κ3) is 4.17. The molecule has 2 N–H and O–H groups in total. The minimum absolute atomic E-state index is 0.00249. The van der Waals surface area contributed by atoms with Crippen molar-refractivity contribution in [3.05, 3.63) is 24.3 Å². The number of piperidine rings is 1. The molecule has 1 aromatic rings. The average Bonchev–Trinajstić information content (AvgIpc) is 2.54. The summed E-state index contributed by atoms with van der Waals surface area (Å²) in [5.41, 5.74) is 6.04. The van der Waals surface area contributed by atoms with E-state index in [4.69, 9.17) is 10.5 Å². The highest BCUT2D eigenvalue weighted by atomic mass is 32.2. The van der Waals surface area contributed by atoms with Crippen molar-refractivity contribution in [1.29, 1.82) is 0 Å². The van der Waals surface area contributed by atoms with Crippen LogP contribution < -0.4 is 10.5 Å². The Morgan fingerprint density at radius 2 is 2.00 bits per heavy atom. The van der Waals surface area contributed by atoms with Crippen LogP contribution in [0.1, 0.15) is 33.1 Å². The van der Waals surface area contributed by atoms with Crippen LogP contribution in [0.2, 0.25) is 0 Å². The molecule has 1 aliphatic rings. The Morgan fingerprint density at radius 1 is 1.32 bits per heavy atom. The lowest BCUT2D eigenvalue weighted by Crippen LogP contribution is -2.54. The standard InChI is InChI=1S/C17H26N2O2S/c1-12(18)16-6-4-5-11-19(16)17(20)13(2)21-14-7-9-15(22-3)10-8-14/h7-10,12-13,16H,4-6,11,18H2,1-3H3. The summed E-state index contributed by atoms with van der Waals surface area (Å²) in [4.78, 5) is 15.8. The van der Waals surface area contributed by atoms with Gasteiger partial charge in [0.15, 0.2) is 6.10 Å². The van der Waals surface area contributed by atoms with Gasteiger partial charge in [-0.25, -0.2) is 0 Å². The van der Waals surface area contributed by atoms with Gasteiger partial charge in [0.1, 0.15) is 5.75 Å². The molecule has 1 aromatic carbocycles. The van der Waals surface area contributed by atoms with Crippen LogP contribution in [0.3, 0.4) is 0 Å². The lowest BCUT2D eigenvalue weighted by Gasteiger charge is -2.39. The number of ether oxygens (including phenoxy) is 1. The molecule has 1 aliphatic heterocycles. The molecule has 3 atom stereocenters. The molecule has 1 heterocycles. The molecular formula is C17H26N2O2S. The van der Waals surface area contributed by atoms with Crippen molar-refractivity contribution in [3.63, 3.8) is 0 Å². The van der Waals surface area contributed by atoms with E-state index >= 15 is 0 Å². The highest BCUT2D eigenvalue weighted by Gasteiger charge is 2.32. The number of amides is 1. The fourth-order valence-electron chi connectivity index (χ4n) is 2.92. The van der Waals surface area contributed by atoms with Crippen LogP contribution in [0, 0.1) is 0 Å². The van der Waals surface area contributed by atoms with Crippen LogP contribution in [0.4, 0.5) is 0 Å². The molecule has 2 rings (SSSR count). The maximum Gasteiger partial charge on any atom is 0.263 e. The molecule has 1 saturated heterocycles. The van der Waals surface area contributed by atoms with E-state index in [-0.39, 0.29) is 18.0 Å². The molecule has 3 unspecified atom stereocenters. The lowest BCUT2D eigenvalue weighted by molar-refractivity contribution is -0.142. The van der Waals surface area contributed by atoms with Gasteiger partial charge in [-0.05, 0) is 63.6 Å². The van der Waals surface area contributed by atoms with Gasteiger partial charge in [0, 0.05) is 23.5 Å². The highest BCUT2D eigenvalue weighted by molar-refractivity contribution is 7.98. The third-order valence-electron chi connectivity index (χ3n) is 4.16. The predicted molar refractivity (Wildman–Crippen MR) is 91.3 cm³/mol. The second-order valence-electron chi connectivity index (χ2n) is 5.89. The van der Waals surface area contributed by atoms with Crippen LogP contribution in [0.15, 0.2) is 29.2 Å². The van der Waals surface area contributed by atoms with E-state index in [1.807, 2.05) is 49.3 Å². The summed E-state index contributed by atoms with van der Waals surface area (Å²) in [7, 11) is 0. The second kappa shape index (κ2) is 7.88. The van der Waals surface area contributed by atoms with Gasteiger partial charge in [0.25, 0.3) is 5.91 Å². The van der Waals surface area contributed by atoms with Gasteiger partial charge >= 0.3 is 0 Å². The van der Waals surface area contributed by atoms with Crippen molar-refractivity contribution in [1.82, 2.24) is 4.90 Å². The minimum atomic E-state index is -0.487. The molecule has 0 spiro atoms. The van der Waals surface area contributed by atoms with E-state index in [1.165, 1.54) is 4.90 Å². The zero-order chi connectivity index (χ0) is 16.1. The smallest absolute Gasteiger partial charge is 0.263 e. The van der Waals surface area contributed by atoms with Gasteiger partial charge in [-0.3, -0.25) is 4.79 Å². The molecule has 0 bridgehead atoms. The first-order chi connectivity index (χ1) is 10.5. The maximum absolute atomic E-state index is 12.7. The summed E-state index contributed by atoms with van der Waals surface area (Å²) in [6.45, 7) is 4.57. The topological polar surface area (TPSA) is 55.6 Å². The Balaban J connectivity index is 2.00. The Hall–Kier alpha value is -1.20. The summed E-state index contributed by atoms with van der Waals surface area (Å²) in [6, 6.07) is 7.96. The lowest BCUT2D eigenvalue weighted by atomic mass is 9.96. The van der Waals surface area contributed by atoms with E-state index in [0.717, 1.165) is 31.6 Å². The quantitative estimate of drug-likeness (QED) is 0.847. The van der Waals surface area contributed by atoms with Crippen LogP contribution in [0.25, 0.3) is 0 Å². The van der Waals surface area contributed by atoms with Gasteiger partial charge in [0.2, 0.25) is 0 Å². The van der Waals surface area contributed by atoms with Crippen LogP contribution in [-0.2, 0) is 4.79 Å². The second-order valence-corrected chi connectivity index (χ2v) is 6.77. The number of nitrogens with two attached hydrogens (primary N) is 1. The number of rotatable bonds is 5. The summed E-state index contributed by atoms with van der Waals surface area (Å²) in [5.74, 6) is 0.768. The van der Waals surface area contributed by atoms with E-state index in [2.05, 4.69) is 0 Å². The van der Waals surface area contributed by atoms with Gasteiger partial charge in [0.05, 0.1) is 0 Å². The number of benzene rings is 1. The van der Waals surface area contributed by atoms with Crippen LogP contribution in [-0.4, -0.2) is 41.8 Å². The van der Waals surface area contributed by atoms with Crippen molar-refractivity contribution in [2.75, 3.05) is 12.8 Å². The normalized spacial score (nSPS) is 21.3. The first-order valence-electron chi connectivity index (χ1n) is 7.89. The van der Waals surface area contributed by atoms with Crippen molar-refractivity contribution in [2.45, 2.75) is 56.2 Å². The molecule has 0 saturated carbocycles. The number of carbonyl (C=O) groups excluding carboxylic acids is 1. The van der Waals surface area contributed by atoms with Crippen molar-refractivity contribution in [3.8, 4) is 5.75 Å². The number of thioether (sulfide) groups is 1. The predicted octanol–water partition coefficient (Wildman–Crippen LogP) is 2.90. The van der Waals surface area contributed by atoms with Crippen LogP contribution >= 0.6 is 11.8 Å². The molecule has 22 heavy (non-hydrogen) atoms. The van der Waals surface area contributed by atoms with E-state index < -0.39 is 6.10 Å². The monoisotopic (exact) mass is 322 g/mol. The Kier molecular flexibility index (Phi) is 6.15. The third-order valence-corrected chi connectivity index (χ3v) is 4.90. The van der Waals surface area contributed by atoms with Gasteiger partial charge in [-0.1, -0.05) is 0 Å². The number of likely N-dealkylation sites (tertiary alicyclic amines) is 1. The molecular weight excluding hydrogens is 296 g/mol. The maximum atomic E-state index is 12.7. The molecule has 4 nitrogen and oxygen atoms in total. The first kappa shape index (κ1) is 17.2.